The van der Waals surface area contributed by atoms with Gasteiger partial charge in [0.2, 0.25) is 0 Å². The van der Waals surface area contributed by atoms with Crippen molar-refractivity contribution in [2.24, 2.45) is 0 Å². The second-order valence-corrected chi connectivity index (χ2v) is 5.50. The van der Waals surface area contributed by atoms with Gasteiger partial charge in [-0.05, 0) is 36.5 Å². The van der Waals surface area contributed by atoms with Crippen LogP contribution in [0.3, 0.4) is 0 Å². The molecule has 106 valence electrons. The molecule has 0 atom stereocenters. The van der Waals surface area contributed by atoms with Gasteiger partial charge in [0, 0.05) is 0 Å². The summed E-state index contributed by atoms with van der Waals surface area (Å²) in [5, 5.41) is 0. The normalized spacial score (nSPS) is 11.2. The molecule has 0 aliphatic rings. The van der Waals surface area contributed by atoms with Gasteiger partial charge in [0.15, 0.2) is 0 Å². The predicted octanol–water partition coefficient (Wildman–Crippen LogP) is 3.49. The number of ether oxygens (including phenoxy) is 2. The first-order chi connectivity index (χ1) is 8.88. The zero-order chi connectivity index (χ0) is 14.5. The van der Waals surface area contributed by atoms with E-state index in [0.29, 0.717) is 19.6 Å². The van der Waals surface area contributed by atoms with E-state index in [-0.39, 0.29) is 11.4 Å². The fourth-order valence-corrected chi connectivity index (χ4v) is 1.93. The average Bonchev–Trinajstić information content (AvgIpc) is 2.30. The lowest BCUT2D eigenvalue weighted by atomic mass is 9.85. The van der Waals surface area contributed by atoms with Crippen LogP contribution < -0.4 is 4.74 Å². The molecule has 1 rings (SSSR count). The van der Waals surface area contributed by atoms with Gasteiger partial charge in [0.05, 0.1) is 19.6 Å². The fraction of sp³-hybridized carbons (Fsp3) is 0.562. The smallest absolute Gasteiger partial charge is 0.310 e. The van der Waals surface area contributed by atoms with Gasteiger partial charge in [-0.3, -0.25) is 4.79 Å². The SMILES string of the molecule is CCOC(=O)Cc1ccc(OCC)c(C(C)(C)C)c1. The third-order valence-corrected chi connectivity index (χ3v) is 2.81. The lowest BCUT2D eigenvalue weighted by Gasteiger charge is -2.23. The molecule has 0 saturated heterocycles. The summed E-state index contributed by atoms with van der Waals surface area (Å²) in [6.45, 7) is 11.3. The summed E-state index contributed by atoms with van der Waals surface area (Å²) in [4.78, 5) is 11.5. The van der Waals surface area contributed by atoms with Gasteiger partial charge in [-0.25, -0.2) is 0 Å². The van der Waals surface area contributed by atoms with E-state index in [1.54, 1.807) is 0 Å². The van der Waals surface area contributed by atoms with Gasteiger partial charge < -0.3 is 9.47 Å². The Kier molecular flexibility index (Phi) is 5.40. The first-order valence-electron chi connectivity index (χ1n) is 6.80. The van der Waals surface area contributed by atoms with Gasteiger partial charge in [0.1, 0.15) is 5.75 Å². The van der Waals surface area contributed by atoms with Crippen molar-refractivity contribution >= 4 is 5.97 Å². The standard InChI is InChI=1S/C16H24O3/c1-6-18-14-9-8-12(11-15(17)19-7-2)10-13(14)16(3,4)5/h8-10H,6-7,11H2,1-5H3. The number of hydrogen-bond donors (Lipinski definition) is 0. The zero-order valence-electron chi connectivity index (χ0n) is 12.6. The molecule has 0 aromatic heterocycles. The van der Waals surface area contributed by atoms with Crippen LogP contribution in [-0.2, 0) is 21.4 Å². The molecule has 3 heteroatoms. The van der Waals surface area contributed by atoms with Crippen molar-refractivity contribution in [3.05, 3.63) is 29.3 Å². The summed E-state index contributed by atoms with van der Waals surface area (Å²) < 4.78 is 10.6. The molecule has 0 amide bonds. The van der Waals surface area contributed by atoms with Crippen molar-refractivity contribution in [3.8, 4) is 5.75 Å². The number of esters is 1. The molecule has 0 saturated carbocycles. The number of carbonyl (C=O) groups excluding carboxylic acids is 1. The Hall–Kier alpha value is -1.51. The minimum atomic E-state index is -0.188. The molecule has 0 heterocycles. The highest BCUT2D eigenvalue weighted by atomic mass is 16.5. The van der Waals surface area contributed by atoms with Crippen molar-refractivity contribution < 1.29 is 14.3 Å². The molecule has 0 radical (unpaired) electrons. The molecule has 0 aliphatic carbocycles. The van der Waals surface area contributed by atoms with Crippen molar-refractivity contribution in [2.75, 3.05) is 13.2 Å². The lowest BCUT2D eigenvalue weighted by Crippen LogP contribution is -2.15. The summed E-state index contributed by atoms with van der Waals surface area (Å²) in [6.07, 6.45) is 0.309. The average molecular weight is 264 g/mol. The van der Waals surface area contributed by atoms with Gasteiger partial charge in [-0.15, -0.1) is 0 Å². The highest BCUT2D eigenvalue weighted by molar-refractivity contribution is 5.72. The molecule has 0 fully saturated rings. The van der Waals surface area contributed by atoms with E-state index in [4.69, 9.17) is 9.47 Å². The van der Waals surface area contributed by atoms with E-state index in [9.17, 15) is 4.79 Å². The summed E-state index contributed by atoms with van der Waals surface area (Å²) in [6, 6.07) is 5.91. The largest absolute Gasteiger partial charge is 0.494 e. The Morgan fingerprint density at radius 1 is 1.16 bits per heavy atom. The number of rotatable bonds is 5. The molecule has 0 unspecified atom stereocenters. The minimum Gasteiger partial charge on any atom is -0.494 e. The van der Waals surface area contributed by atoms with Gasteiger partial charge >= 0.3 is 5.97 Å². The lowest BCUT2D eigenvalue weighted by molar-refractivity contribution is -0.142. The topological polar surface area (TPSA) is 35.5 Å². The summed E-state index contributed by atoms with van der Waals surface area (Å²) in [5.41, 5.74) is 2.07. The van der Waals surface area contributed by atoms with Crippen molar-refractivity contribution in [1.82, 2.24) is 0 Å². The highest BCUT2D eigenvalue weighted by Gasteiger charge is 2.20. The van der Waals surface area contributed by atoms with E-state index in [1.807, 2.05) is 32.0 Å². The van der Waals surface area contributed by atoms with Crippen molar-refractivity contribution in [2.45, 2.75) is 46.5 Å². The van der Waals surface area contributed by atoms with Crippen LogP contribution in [0.15, 0.2) is 18.2 Å². The Morgan fingerprint density at radius 2 is 1.84 bits per heavy atom. The Labute approximate surface area is 115 Å². The number of benzene rings is 1. The van der Waals surface area contributed by atoms with Crippen LogP contribution in [0.2, 0.25) is 0 Å². The van der Waals surface area contributed by atoms with E-state index in [0.717, 1.165) is 16.9 Å². The first kappa shape index (κ1) is 15.5. The van der Waals surface area contributed by atoms with Gasteiger partial charge in [0.25, 0.3) is 0 Å². The molecule has 3 nitrogen and oxygen atoms in total. The number of hydrogen-bond acceptors (Lipinski definition) is 3. The first-order valence-corrected chi connectivity index (χ1v) is 6.80. The van der Waals surface area contributed by atoms with Crippen LogP contribution in [0.4, 0.5) is 0 Å². The minimum absolute atomic E-state index is 0.0187. The Morgan fingerprint density at radius 3 is 2.37 bits per heavy atom. The van der Waals surface area contributed by atoms with E-state index >= 15 is 0 Å². The molecule has 0 spiro atoms. The molecule has 0 aliphatic heterocycles. The maximum atomic E-state index is 11.5. The second kappa shape index (κ2) is 6.60. The van der Waals surface area contributed by atoms with Gasteiger partial charge in [-0.2, -0.15) is 0 Å². The molecule has 1 aromatic carbocycles. The Bertz CT molecular complexity index is 430. The van der Waals surface area contributed by atoms with Crippen LogP contribution >= 0.6 is 0 Å². The molecular weight excluding hydrogens is 240 g/mol. The zero-order valence-corrected chi connectivity index (χ0v) is 12.6. The molecule has 0 bridgehead atoms. The van der Waals surface area contributed by atoms with Crippen LogP contribution in [0.25, 0.3) is 0 Å². The molecule has 19 heavy (non-hydrogen) atoms. The van der Waals surface area contributed by atoms with Crippen LogP contribution in [0.5, 0.6) is 5.75 Å². The fourth-order valence-electron chi connectivity index (χ4n) is 1.93. The van der Waals surface area contributed by atoms with Gasteiger partial charge in [-0.1, -0.05) is 32.9 Å². The molecule has 1 aromatic rings. The molecular formula is C16H24O3. The van der Waals surface area contributed by atoms with Crippen molar-refractivity contribution in [1.29, 1.82) is 0 Å². The summed E-state index contributed by atoms with van der Waals surface area (Å²) in [5.74, 6) is 0.703. The monoisotopic (exact) mass is 264 g/mol. The van der Waals surface area contributed by atoms with E-state index < -0.39 is 0 Å². The Balaban J connectivity index is 3.01. The van der Waals surface area contributed by atoms with Crippen LogP contribution in [0.1, 0.15) is 45.7 Å². The second-order valence-electron chi connectivity index (χ2n) is 5.50. The highest BCUT2D eigenvalue weighted by Crippen LogP contribution is 2.32. The third-order valence-electron chi connectivity index (χ3n) is 2.81. The maximum absolute atomic E-state index is 11.5. The van der Waals surface area contributed by atoms with Crippen molar-refractivity contribution in [3.63, 3.8) is 0 Å². The van der Waals surface area contributed by atoms with E-state index in [2.05, 4.69) is 20.8 Å². The summed E-state index contributed by atoms with van der Waals surface area (Å²) >= 11 is 0. The maximum Gasteiger partial charge on any atom is 0.310 e. The predicted molar refractivity (Wildman–Crippen MR) is 76.6 cm³/mol. The van der Waals surface area contributed by atoms with E-state index in [1.165, 1.54) is 0 Å². The van der Waals surface area contributed by atoms with Crippen LogP contribution in [0, 0.1) is 0 Å². The quantitative estimate of drug-likeness (QED) is 0.764. The molecule has 0 N–H and O–H groups in total. The number of carbonyl (C=O) groups is 1. The summed E-state index contributed by atoms with van der Waals surface area (Å²) in [7, 11) is 0. The van der Waals surface area contributed by atoms with Crippen LogP contribution in [-0.4, -0.2) is 19.2 Å². The third kappa shape index (κ3) is 4.58.